The van der Waals surface area contributed by atoms with Gasteiger partial charge in [0.15, 0.2) is 6.10 Å². The minimum Gasteiger partial charge on any atom is -0.436 e. The first-order valence-corrected chi connectivity index (χ1v) is 14.4. The quantitative estimate of drug-likeness (QED) is 0.245. The summed E-state index contributed by atoms with van der Waals surface area (Å²) in [5.74, 6) is 0.397. The van der Waals surface area contributed by atoms with Crippen LogP contribution >= 0.6 is 11.6 Å². The molecule has 7 nitrogen and oxygen atoms in total. The third-order valence-electron chi connectivity index (χ3n) is 8.46. The van der Waals surface area contributed by atoms with Crippen LogP contribution in [0.5, 0.6) is 0 Å². The van der Waals surface area contributed by atoms with E-state index in [0.717, 1.165) is 22.3 Å². The van der Waals surface area contributed by atoms with E-state index in [1.807, 2.05) is 48.5 Å². The molecule has 1 aromatic heterocycles. The zero-order valence-corrected chi connectivity index (χ0v) is 24.1. The van der Waals surface area contributed by atoms with Crippen LogP contribution in [-0.4, -0.2) is 58.6 Å². The Balaban J connectivity index is 1.33. The molecular formula is C32H31ClF2N4O3. The van der Waals surface area contributed by atoms with Gasteiger partial charge in [0, 0.05) is 37.3 Å². The number of hydrogen-bond donors (Lipinski definition) is 0. The summed E-state index contributed by atoms with van der Waals surface area (Å²) in [5, 5.41) is 0.592. The molecule has 0 spiro atoms. The first-order chi connectivity index (χ1) is 20.2. The molecule has 0 radical (unpaired) electrons. The number of carbonyl (C=O) groups excluding carboxylic acids is 1. The number of nitrogens with zero attached hydrogens (tertiary/aromatic N) is 4. The van der Waals surface area contributed by atoms with Crippen LogP contribution in [0.3, 0.4) is 0 Å². The molecule has 1 atom stereocenters. The monoisotopic (exact) mass is 592 g/mol. The van der Waals surface area contributed by atoms with Crippen LogP contribution in [0.2, 0.25) is 5.02 Å². The number of aromatic nitrogens is 2. The maximum Gasteiger partial charge on any atom is 0.411 e. The highest BCUT2D eigenvalue weighted by atomic mass is 35.5. The topological polar surface area (TPSA) is 67.7 Å². The lowest BCUT2D eigenvalue weighted by molar-refractivity contribution is 0.0667. The Hall–Kier alpha value is -3.82. The molecule has 1 fully saturated rings. The summed E-state index contributed by atoms with van der Waals surface area (Å²) in [6.07, 6.45) is -2.55. The Morgan fingerprint density at radius 2 is 1.64 bits per heavy atom. The summed E-state index contributed by atoms with van der Waals surface area (Å²) in [5.41, 5.74) is 4.02. The minimum absolute atomic E-state index is 0.282. The van der Waals surface area contributed by atoms with E-state index in [1.165, 1.54) is 4.90 Å². The molecule has 2 aliphatic rings. The van der Waals surface area contributed by atoms with Gasteiger partial charge in [-0.05, 0) is 43.0 Å². The largest absolute Gasteiger partial charge is 0.436 e. The zero-order chi connectivity index (χ0) is 29.5. The first-order valence-electron chi connectivity index (χ1n) is 14.1. The number of amides is 1. The molecule has 4 aromatic rings. The van der Waals surface area contributed by atoms with Gasteiger partial charge in [0.2, 0.25) is 0 Å². The Kier molecular flexibility index (Phi) is 7.72. The molecule has 1 saturated heterocycles. The smallest absolute Gasteiger partial charge is 0.411 e. The van der Waals surface area contributed by atoms with Gasteiger partial charge in [0.25, 0.3) is 12.0 Å². The number of benzene rings is 3. The summed E-state index contributed by atoms with van der Waals surface area (Å²) < 4.78 is 33.7. The van der Waals surface area contributed by atoms with Crippen LogP contribution in [0.1, 0.15) is 54.9 Å². The van der Waals surface area contributed by atoms with E-state index in [1.54, 1.807) is 41.6 Å². The molecule has 218 valence electrons. The number of hydrogen-bond acceptors (Lipinski definition) is 5. The number of rotatable bonds is 6. The summed E-state index contributed by atoms with van der Waals surface area (Å²) in [6.45, 7) is 2.36. The van der Waals surface area contributed by atoms with E-state index in [-0.39, 0.29) is 18.1 Å². The number of likely N-dealkylation sites (tertiary alicyclic amines) is 1. The predicted molar refractivity (Wildman–Crippen MR) is 158 cm³/mol. The van der Waals surface area contributed by atoms with Crippen molar-refractivity contribution in [2.24, 2.45) is 0 Å². The van der Waals surface area contributed by atoms with Crippen molar-refractivity contribution >= 4 is 28.6 Å². The van der Waals surface area contributed by atoms with Gasteiger partial charge >= 0.3 is 6.09 Å². The lowest BCUT2D eigenvalue weighted by atomic mass is 10.0. The summed E-state index contributed by atoms with van der Waals surface area (Å²) >= 11 is 6.45. The van der Waals surface area contributed by atoms with Crippen molar-refractivity contribution in [3.8, 4) is 11.1 Å². The van der Waals surface area contributed by atoms with Gasteiger partial charge in [0.05, 0.1) is 28.5 Å². The van der Waals surface area contributed by atoms with Gasteiger partial charge in [-0.3, -0.25) is 14.3 Å². The average Bonchev–Trinajstić information content (AvgIpc) is 3.30. The molecule has 6 rings (SSSR count). The fraction of sp³-hybridized carbons (Fsp3) is 0.344. The van der Waals surface area contributed by atoms with Crippen LogP contribution in [0.25, 0.3) is 22.0 Å². The summed E-state index contributed by atoms with van der Waals surface area (Å²) in [4.78, 5) is 35.6. The molecule has 3 aromatic carbocycles. The molecule has 0 saturated carbocycles. The molecule has 1 amide bonds. The highest BCUT2D eigenvalue weighted by molar-refractivity contribution is 6.35. The van der Waals surface area contributed by atoms with Crippen molar-refractivity contribution in [2.75, 3.05) is 26.7 Å². The second kappa shape index (κ2) is 11.5. The molecule has 2 heterocycles. The Labute approximate surface area is 247 Å². The van der Waals surface area contributed by atoms with E-state index in [0.29, 0.717) is 47.7 Å². The molecule has 42 heavy (non-hydrogen) atoms. The molecule has 0 N–H and O–H groups in total. The molecular weight excluding hydrogens is 562 g/mol. The highest BCUT2D eigenvalue weighted by Crippen LogP contribution is 2.45. The van der Waals surface area contributed by atoms with Crippen LogP contribution in [0.15, 0.2) is 71.5 Å². The van der Waals surface area contributed by atoms with Crippen molar-refractivity contribution in [3.63, 3.8) is 0 Å². The molecule has 0 bridgehead atoms. The van der Waals surface area contributed by atoms with Crippen molar-refractivity contribution < 1.29 is 18.3 Å². The lowest BCUT2D eigenvalue weighted by Crippen LogP contribution is -2.42. The van der Waals surface area contributed by atoms with Crippen LogP contribution in [-0.2, 0) is 4.74 Å². The minimum atomic E-state index is -2.42. The maximum atomic E-state index is 13.9. The third kappa shape index (κ3) is 5.05. The molecule has 1 aliphatic heterocycles. The highest BCUT2D eigenvalue weighted by Gasteiger charge is 2.35. The standard InChI is InChI=1S/C32H31ClF2N4O3/c1-19(37(2)32(41)42-29-23-10-5-3-8-21(23)22-9-4-6-11-24(22)29)30-36-26-13-7-12-25(33)28(26)31(40)39(30)20-14-16-38(17-15-20)18-27(34)35/h3-13,19-20,27,29H,14-18H2,1-2H3. The normalized spacial score (nSPS) is 16.4. The van der Waals surface area contributed by atoms with E-state index < -0.39 is 24.7 Å². The average molecular weight is 593 g/mol. The van der Waals surface area contributed by atoms with Crippen molar-refractivity contribution in [1.82, 2.24) is 19.4 Å². The van der Waals surface area contributed by atoms with Crippen molar-refractivity contribution in [3.05, 3.63) is 99.1 Å². The van der Waals surface area contributed by atoms with Gasteiger partial charge in [0.1, 0.15) is 5.82 Å². The fourth-order valence-corrected chi connectivity index (χ4v) is 6.42. The second-order valence-electron chi connectivity index (χ2n) is 10.9. The summed E-state index contributed by atoms with van der Waals surface area (Å²) in [7, 11) is 1.63. The molecule has 1 aliphatic carbocycles. The molecule has 10 heteroatoms. The van der Waals surface area contributed by atoms with Gasteiger partial charge in [-0.2, -0.15) is 0 Å². The number of halogens is 3. The van der Waals surface area contributed by atoms with Gasteiger partial charge in [-0.25, -0.2) is 18.6 Å². The molecule has 1 unspecified atom stereocenters. The number of carbonyl (C=O) groups is 1. The number of piperidine rings is 1. The lowest BCUT2D eigenvalue weighted by Gasteiger charge is -2.35. The van der Waals surface area contributed by atoms with Gasteiger partial charge in [-0.1, -0.05) is 66.2 Å². The fourth-order valence-electron chi connectivity index (χ4n) is 6.17. The van der Waals surface area contributed by atoms with E-state index >= 15 is 0 Å². The van der Waals surface area contributed by atoms with Crippen molar-refractivity contribution in [2.45, 2.75) is 44.4 Å². The van der Waals surface area contributed by atoms with Gasteiger partial charge in [-0.15, -0.1) is 0 Å². The van der Waals surface area contributed by atoms with E-state index in [2.05, 4.69) is 0 Å². The Bertz CT molecular complexity index is 1660. The third-order valence-corrected chi connectivity index (χ3v) is 8.78. The maximum absolute atomic E-state index is 13.9. The summed E-state index contributed by atoms with van der Waals surface area (Å²) in [6, 6.07) is 19.9. The van der Waals surface area contributed by atoms with Crippen LogP contribution < -0.4 is 5.56 Å². The Morgan fingerprint density at radius 3 is 2.26 bits per heavy atom. The second-order valence-corrected chi connectivity index (χ2v) is 11.3. The van der Waals surface area contributed by atoms with Crippen LogP contribution in [0, 0.1) is 0 Å². The SMILES string of the molecule is CC(c1nc2cccc(Cl)c2c(=O)n1C1CCN(CC(F)F)CC1)N(C)C(=O)OC1c2ccccc2-c2ccccc21. The Morgan fingerprint density at radius 1 is 1.02 bits per heavy atom. The van der Waals surface area contributed by atoms with E-state index in [9.17, 15) is 18.4 Å². The predicted octanol–water partition coefficient (Wildman–Crippen LogP) is 6.85. The zero-order valence-electron chi connectivity index (χ0n) is 23.3. The van der Waals surface area contributed by atoms with E-state index in [4.69, 9.17) is 21.3 Å². The number of ether oxygens (including phenoxy) is 1. The van der Waals surface area contributed by atoms with Gasteiger partial charge < -0.3 is 9.64 Å². The number of alkyl halides is 2. The number of fused-ring (bicyclic) bond motifs is 4. The van der Waals surface area contributed by atoms with Crippen LogP contribution in [0.4, 0.5) is 13.6 Å². The first kappa shape index (κ1) is 28.3. The van der Waals surface area contributed by atoms with Crippen molar-refractivity contribution in [1.29, 1.82) is 0 Å².